The first-order valence-corrected chi connectivity index (χ1v) is 9.17. The van der Waals surface area contributed by atoms with E-state index in [-0.39, 0.29) is 5.91 Å². The summed E-state index contributed by atoms with van der Waals surface area (Å²) in [6, 6.07) is 12.1. The Morgan fingerprint density at radius 3 is 2.76 bits per heavy atom. The van der Waals surface area contributed by atoms with Gasteiger partial charge in [-0.2, -0.15) is 0 Å². The summed E-state index contributed by atoms with van der Waals surface area (Å²) in [6.07, 6.45) is 5.25. The van der Waals surface area contributed by atoms with Gasteiger partial charge in [0.25, 0.3) is 0 Å². The molecule has 3 rings (SSSR count). The molecule has 5 nitrogen and oxygen atoms in total. The molecule has 1 amide bonds. The van der Waals surface area contributed by atoms with Crippen LogP contribution in [0.4, 0.5) is 0 Å². The molecule has 1 N–H and O–H groups in total. The van der Waals surface area contributed by atoms with Crippen molar-refractivity contribution in [3.63, 3.8) is 0 Å². The van der Waals surface area contributed by atoms with Gasteiger partial charge in [0.2, 0.25) is 5.91 Å². The lowest BCUT2D eigenvalue weighted by Gasteiger charge is -2.10. The lowest BCUT2D eigenvalue weighted by Crippen LogP contribution is -2.24. The predicted molar refractivity (Wildman–Crippen MR) is 98.9 cm³/mol. The maximum absolute atomic E-state index is 12.0. The Balaban J connectivity index is 1.58. The summed E-state index contributed by atoms with van der Waals surface area (Å²) in [7, 11) is 0. The molecule has 2 aromatic heterocycles. The number of benzene rings is 1. The number of hydrogen-bond donors (Lipinski definition) is 1. The molecule has 0 bridgehead atoms. The summed E-state index contributed by atoms with van der Waals surface area (Å²) in [5, 5.41) is 3.63. The molecule has 2 heterocycles. The molecule has 0 saturated heterocycles. The highest BCUT2D eigenvalue weighted by Crippen LogP contribution is 2.22. The van der Waals surface area contributed by atoms with Gasteiger partial charge < -0.3 is 9.73 Å². The zero-order chi connectivity index (χ0) is 17.6. The number of nitrogens with zero attached hydrogens (tertiary/aromatic N) is 2. The molecule has 0 spiro atoms. The highest BCUT2D eigenvalue weighted by atomic mass is 32.2. The zero-order valence-electron chi connectivity index (χ0n) is 14.3. The fourth-order valence-corrected chi connectivity index (χ4v) is 3.20. The number of imidazole rings is 1. The van der Waals surface area contributed by atoms with Crippen molar-refractivity contribution in [2.45, 2.75) is 31.5 Å². The fourth-order valence-electron chi connectivity index (χ4n) is 2.39. The van der Waals surface area contributed by atoms with E-state index < -0.39 is 0 Å². The van der Waals surface area contributed by atoms with Crippen LogP contribution in [-0.4, -0.2) is 21.2 Å². The third-order valence-corrected chi connectivity index (χ3v) is 4.78. The minimum atomic E-state index is -0.0499. The van der Waals surface area contributed by atoms with E-state index in [1.54, 1.807) is 18.5 Å². The first-order valence-electron chi connectivity index (χ1n) is 8.19. The minimum absolute atomic E-state index is 0.0499. The van der Waals surface area contributed by atoms with Gasteiger partial charge in [-0.15, -0.1) is 0 Å². The molecule has 0 aliphatic rings. The van der Waals surface area contributed by atoms with Crippen molar-refractivity contribution >= 4 is 17.7 Å². The number of thioether (sulfide) groups is 1. The highest BCUT2D eigenvalue weighted by Gasteiger charge is 2.10. The molecule has 130 valence electrons. The van der Waals surface area contributed by atoms with E-state index in [0.717, 1.165) is 16.6 Å². The van der Waals surface area contributed by atoms with Crippen LogP contribution in [0.2, 0.25) is 0 Å². The Hall–Kier alpha value is -2.47. The van der Waals surface area contributed by atoms with Crippen LogP contribution in [0, 0.1) is 0 Å². The van der Waals surface area contributed by atoms with Crippen molar-refractivity contribution in [3.05, 3.63) is 66.4 Å². The Morgan fingerprint density at radius 1 is 1.28 bits per heavy atom. The maximum atomic E-state index is 12.0. The van der Waals surface area contributed by atoms with Gasteiger partial charge in [-0.3, -0.25) is 9.36 Å². The molecular formula is C19H21N3O2S. The van der Waals surface area contributed by atoms with Crippen molar-refractivity contribution < 1.29 is 9.21 Å². The summed E-state index contributed by atoms with van der Waals surface area (Å²) in [5.74, 6) is 1.50. The first-order chi connectivity index (χ1) is 12.1. The Bertz CT molecular complexity index is 808. The van der Waals surface area contributed by atoms with E-state index in [1.165, 1.54) is 17.3 Å². The summed E-state index contributed by atoms with van der Waals surface area (Å²) in [4.78, 5) is 16.3. The van der Waals surface area contributed by atoms with Gasteiger partial charge in [0.15, 0.2) is 5.16 Å². The standard InChI is InChI=1S/C19H21N3O2S/c1-14(2)15-5-7-16(8-6-15)22-10-9-20-19(22)25-13-18(23)21-12-17-4-3-11-24-17/h3-11,14H,12-13H2,1-2H3,(H,21,23). The normalized spacial score (nSPS) is 11.0. The molecule has 1 aromatic carbocycles. The van der Waals surface area contributed by atoms with E-state index in [2.05, 4.69) is 48.4 Å². The average Bonchev–Trinajstić information content (AvgIpc) is 3.29. The number of nitrogens with one attached hydrogen (secondary N) is 1. The van der Waals surface area contributed by atoms with Crippen LogP contribution in [-0.2, 0) is 11.3 Å². The molecule has 0 radical (unpaired) electrons. The van der Waals surface area contributed by atoms with Crippen LogP contribution < -0.4 is 5.32 Å². The van der Waals surface area contributed by atoms with Gasteiger partial charge in [0.05, 0.1) is 18.6 Å². The van der Waals surface area contributed by atoms with Crippen LogP contribution in [0.3, 0.4) is 0 Å². The third kappa shape index (κ3) is 4.54. The third-order valence-electron chi connectivity index (χ3n) is 3.82. The largest absolute Gasteiger partial charge is 0.467 e. The lowest BCUT2D eigenvalue weighted by atomic mass is 10.0. The van der Waals surface area contributed by atoms with E-state index in [1.807, 2.05) is 16.8 Å². The fraction of sp³-hybridized carbons (Fsp3) is 0.263. The second-order valence-electron chi connectivity index (χ2n) is 5.97. The predicted octanol–water partition coefficient (Wildman–Crippen LogP) is 4.00. The number of amides is 1. The van der Waals surface area contributed by atoms with Gasteiger partial charge in [-0.25, -0.2) is 4.98 Å². The first kappa shape index (κ1) is 17.4. The van der Waals surface area contributed by atoms with E-state index in [0.29, 0.717) is 18.2 Å². The number of aromatic nitrogens is 2. The van der Waals surface area contributed by atoms with E-state index >= 15 is 0 Å². The van der Waals surface area contributed by atoms with Crippen LogP contribution in [0.25, 0.3) is 5.69 Å². The second-order valence-corrected chi connectivity index (χ2v) is 6.91. The Labute approximate surface area is 151 Å². The van der Waals surface area contributed by atoms with Crippen LogP contribution in [0.5, 0.6) is 0 Å². The van der Waals surface area contributed by atoms with Gasteiger partial charge in [-0.1, -0.05) is 37.7 Å². The van der Waals surface area contributed by atoms with Crippen molar-refractivity contribution in [2.75, 3.05) is 5.75 Å². The topological polar surface area (TPSA) is 60.1 Å². The Kier molecular flexibility index (Phi) is 5.60. The van der Waals surface area contributed by atoms with Gasteiger partial charge in [0, 0.05) is 18.1 Å². The lowest BCUT2D eigenvalue weighted by molar-refractivity contribution is -0.118. The number of furan rings is 1. The Morgan fingerprint density at radius 2 is 2.08 bits per heavy atom. The van der Waals surface area contributed by atoms with E-state index in [4.69, 9.17) is 4.42 Å². The van der Waals surface area contributed by atoms with Gasteiger partial charge in [0.1, 0.15) is 5.76 Å². The number of carbonyl (C=O) groups is 1. The second kappa shape index (κ2) is 8.07. The summed E-state index contributed by atoms with van der Waals surface area (Å²) in [6.45, 7) is 4.75. The SMILES string of the molecule is CC(C)c1ccc(-n2ccnc2SCC(=O)NCc2ccco2)cc1. The molecule has 0 saturated carbocycles. The zero-order valence-corrected chi connectivity index (χ0v) is 15.1. The summed E-state index contributed by atoms with van der Waals surface area (Å²) in [5.41, 5.74) is 2.34. The van der Waals surface area contributed by atoms with Crippen LogP contribution in [0.1, 0.15) is 31.1 Å². The highest BCUT2D eigenvalue weighted by molar-refractivity contribution is 7.99. The average molecular weight is 355 g/mol. The molecule has 0 aliphatic carbocycles. The number of rotatable bonds is 7. The molecule has 25 heavy (non-hydrogen) atoms. The molecule has 0 fully saturated rings. The van der Waals surface area contributed by atoms with Crippen LogP contribution >= 0.6 is 11.8 Å². The van der Waals surface area contributed by atoms with Crippen molar-refractivity contribution in [1.29, 1.82) is 0 Å². The van der Waals surface area contributed by atoms with E-state index in [9.17, 15) is 4.79 Å². The number of carbonyl (C=O) groups excluding carboxylic acids is 1. The smallest absolute Gasteiger partial charge is 0.230 e. The van der Waals surface area contributed by atoms with Crippen molar-refractivity contribution in [3.8, 4) is 5.69 Å². The molecule has 0 atom stereocenters. The summed E-state index contributed by atoms with van der Waals surface area (Å²) < 4.78 is 7.19. The van der Waals surface area contributed by atoms with Crippen molar-refractivity contribution in [1.82, 2.24) is 14.9 Å². The van der Waals surface area contributed by atoms with Gasteiger partial charge in [-0.05, 0) is 35.7 Å². The van der Waals surface area contributed by atoms with Crippen molar-refractivity contribution in [2.24, 2.45) is 0 Å². The summed E-state index contributed by atoms with van der Waals surface area (Å²) >= 11 is 1.41. The molecule has 0 aliphatic heterocycles. The molecule has 0 unspecified atom stereocenters. The quantitative estimate of drug-likeness (QED) is 0.651. The van der Waals surface area contributed by atoms with Crippen LogP contribution in [0.15, 0.2) is 64.6 Å². The molecule has 6 heteroatoms. The molecular weight excluding hydrogens is 334 g/mol. The number of hydrogen-bond acceptors (Lipinski definition) is 4. The van der Waals surface area contributed by atoms with Gasteiger partial charge >= 0.3 is 0 Å². The molecule has 3 aromatic rings. The monoisotopic (exact) mass is 355 g/mol. The maximum Gasteiger partial charge on any atom is 0.230 e. The minimum Gasteiger partial charge on any atom is -0.467 e.